The van der Waals surface area contributed by atoms with E-state index in [1.54, 1.807) is 14.2 Å². The summed E-state index contributed by atoms with van der Waals surface area (Å²) in [5.74, 6) is 2.23. The predicted molar refractivity (Wildman–Crippen MR) is 74.0 cm³/mol. The fraction of sp³-hybridized carbons (Fsp3) is 0.500. The number of hydrogen-bond acceptors (Lipinski definition) is 4. The monoisotopic (exact) mass is 266 g/mol. The summed E-state index contributed by atoms with van der Waals surface area (Å²) in [7, 11) is 3.18. The zero-order valence-electron chi connectivity index (χ0n) is 11.2. The molecule has 0 spiro atoms. The third-order valence-corrected chi connectivity index (χ3v) is 4.46. The Labute approximate surface area is 112 Å². The van der Waals surface area contributed by atoms with Crippen LogP contribution in [0.1, 0.15) is 34.8 Å². The van der Waals surface area contributed by atoms with Crippen LogP contribution in [0.25, 0.3) is 0 Å². The van der Waals surface area contributed by atoms with Crippen LogP contribution < -0.4 is 9.47 Å². The summed E-state index contributed by atoms with van der Waals surface area (Å²) in [5.41, 5.74) is 2.90. The zero-order chi connectivity index (χ0) is 13.3. The minimum absolute atomic E-state index is 0.154. The number of thioether (sulfide) groups is 1. The Balaban J connectivity index is 2.66. The van der Waals surface area contributed by atoms with Crippen molar-refractivity contribution in [1.82, 2.24) is 0 Å². The molecule has 1 aliphatic rings. The van der Waals surface area contributed by atoms with Crippen LogP contribution in [-0.4, -0.2) is 25.3 Å². The highest BCUT2D eigenvalue weighted by Crippen LogP contribution is 2.41. The van der Waals surface area contributed by atoms with E-state index in [1.165, 1.54) is 0 Å². The molecule has 0 bridgehead atoms. The molecule has 0 amide bonds. The van der Waals surface area contributed by atoms with Gasteiger partial charge in [-0.3, -0.25) is 4.79 Å². The van der Waals surface area contributed by atoms with Gasteiger partial charge in [-0.05, 0) is 24.1 Å². The largest absolute Gasteiger partial charge is 0.493 e. The van der Waals surface area contributed by atoms with Crippen LogP contribution in [0.4, 0.5) is 0 Å². The van der Waals surface area contributed by atoms with Crippen LogP contribution in [0.3, 0.4) is 0 Å². The number of rotatable bonds is 2. The highest BCUT2D eigenvalue weighted by Gasteiger charge is 2.27. The molecule has 1 aromatic carbocycles. The van der Waals surface area contributed by atoms with Crippen molar-refractivity contribution in [2.75, 3.05) is 14.2 Å². The molecule has 0 saturated carbocycles. The quantitative estimate of drug-likeness (QED) is 0.823. The highest BCUT2D eigenvalue weighted by molar-refractivity contribution is 7.99. The van der Waals surface area contributed by atoms with Crippen molar-refractivity contribution in [3.63, 3.8) is 0 Å². The van der Waals surface area contributed by atoms with Gasteiger partial charge in [0.15, 0.2) is 17.3 Å². The van der Waals surface area contributed by atoms with Gasteiger partial charge in [0, 0.05) is 17.4 Å². The van der Waals surface area contributed by atoms with Crippen LogP contribution in [0, 0.1) is 6.92 Å². The lowest BCUT2D eigenvalue weighted by Crippen LogP contribution is -2.09. The number of carbonyl (C=O) groups is 1. The molecule has 1 aromatic rings. The van der Waals surface area contributed by atoms with E-state index in [0.717, 1.165) is 16.9 Å². The van der Waals surface area contributed by atoms with Crippen molar-refractivity contribution < 1.29 is 14.3 Å². The summed E-state index contributed by atoms with van der Waals surface area (Å²) in [6.07, 6.45) is 0.556. The lowest BCUT2D eigenvalue weighted by atomic mass is 9.96. The normalized spacial score (nSPS) is 19.1. The maximum Gasteiger partial charge on any atom is 0.171 e. The number of fused-ring (bicyclic) bond motifs is 1. The summed E-state index contributed by atoms with van der Waals surface area (Å²) in [4.78, 5) is 12.4. The lowest BCUT2D eigenvalue weighted by Gasteiger charge is -2.16. The number of carbonyl (C=O) groups excluding carboxylic acids is 1. The Morgan fingerprint density at radius 1 is 1.33 bits per heavy atom. The van der Waals surface area contributed by atoms with Gasteiger partial charge in [-0.2, -0.15) is 11.8 Å². The number of hydrogen-bond donors (Lipinski definition) is 0. The average molecular weight is 266 g/mol. The molecule has 1 unspecified atom stereocenters. The lowest BCUT2D eigenvalue weighted by molar-refractivity contribution is 0.0980. The van der Waals surface area contributed by atoms with Gasteiger partial charge in [-0.25, -0.2) is 0 Å². The molecule has 2 rings (SSSR count). The van der Waals surface area contributed by atoms with Crippen molar-refractivity contribution in [2.45, 2.75) is 31.3 Å². The van der Waals surface area contributed by atoms with Crippen LogP contribution in [0.15, 0.2) is 6.07 Å². The fourth-order valence-corrected chi connectivity index (χ4v) is 3.38. The number of ketones is 1. The Bertz CT molecular complexity index is 482. The molecule has 3 nitrogen and oxygen atoms in total. The highest BCUT2D eigenvalue weighted by atomic mass is 32.2. The fourth-order valence-electron chi connectivity index (χ4n) is 2.29. The van der Waals surface area contributed by atoms with E-state index in [0.29, 0.717) is 28.7 Å². The van der Waals surface area contributed by atoms with E-state index in [4.69, 9.17) is 9.47 Å². The molecule has 0 N–H and O–H groups in total. The maximum absolute atomic E-state index is 12.4. The van der Waals surface area contributed by atoms with Gasteiger partial charge in [0.1, 0.15) is 0 Å². The topological polar surface area (TPSA) is 35.5 Å². The smallest absolute Gasteiger partial charge is 0.171 e. The van der Waals surface area contributed by atoms with Crippen LogP contribution in [0.5, 0.6) is 11.5 Å². The molecule has 0 aliphatic carbocycles. The zero-order valence-corrected chi connectivity index (χ0v) is 12.0. The van der Waals surface area contributed by atoms with E-state index in [-0.39, 0.29) is 5.78 Å². The molecule has 18 heavy (non-hydrogen) atoms. The molecule has 0 saturated heterocycles. The molecular formula is C14H18O3S. The van der Waals surface area contributed by atoms with Crippen LogP contribution in [-0.2, 0) is 5.75 Å². The second-order valence-electron chi connectivity index (χ2n) is 4.53. The van der Waals surface area contributed by atoms with Gasteiger partial charge in [0.25, 0.3) is 0 Å². The molecule has 1 heterocycles. The Morgan fingerprint density at radius 2 is 2.06 bits per heavy atom. The first kappa shape index (κ1) is 13.3. The second-order valence-corrected chi connectivity index (χ2v) is 5.96. The Hall–Kier alpha value is -1.16. The van der Waals surface area contributed by atoms with Gasteiger partial charge < -0.3 is 9.47 Å². The van der Waals surface area contributed by atoms with Gasteiger partial charge in [-0.1, -0.05) is 6.92 Å². The Kier molecular flexibility index (Phi) is 3.85. The standard InChI is InChI=1S/C14H18O3S/c1-8-5-12(16-3)14(17-4)13-10(8)7-18-9(2)6-11(13)15/h5,9H,6-7H2,1-4H3. The first-order valence-electron chi connectivity index (χ1n) is 5.97. The Morgan fingerprint density at radius 3 is 2.67 bits per heavy atom. The van der Waals surface area contributed by atoms with Crippen molar-refractivity contribution in [2.24, 2.45) is 0 Å². The minimum atomic E-state index is 0.154. The van der Waals surface area contributed by atoms with Crippen molar-refractivity contribution in [3.8, 4) is 11.5 Å². The van der Waals surface area contributed by atoms with Gasteiger partial charge in [-0.15, -0.1) is 0 Å². The average Bonchev–Trinajstić information content (AvgIpc) is 2.49. The number of Topliss-reactive ketones (excluding diaryl/α,β-unsaturated/α-hetero) is 1. The summed E-state index contributed by atoms with van der Waals surface area (Å²) >= 11 is 1.81. The molecule has 0 fully saturated rings. The van der Waals surface area contributed by atoms with E-state index >= 15 is 0 Å². The summed E-state index contributed by atoms with van der Waals surface area (Å²) in [6, 6.07) is 1.95. The van der Waals surface area contributed by atoms with E-state index < -0.39 is 0 Å². The van der Waals surface area contributed by atoms with Crippen LogP contribution >= 0.6 is 11.8 Å². The molecule has 1 atom stereocenters. The third-order valence-electron chi connectivity index (χ3n) is 3.26. The molecule has 1 aliphatic heterocycles. The van der Waals surface area contributed by atoms with Gasteiger partial charge in [0.05, 0.1) is 19.8 Å². The maximum atomic E-state index is 12.4. The first-order chi connectivity index (χ1) is 8.58. The summed E-state index contributed by atoms with van der Waals surface area (Å²) in [5, 5.41) is 0.347. The van der Waals surface area contributed by atoms with Crippen molar-refractivity contribution in [3.05, 3.63) is 22.8 Å². The number of methoxy groups -OCH3 is 2. The number of aryl methyl sites for hydroxylation is 1. The summed E-state index contributed by atoms with van der Waals surface area (Å²) < 4.78 is 10.7. The van der Waals surface area contributed by atoms with Gasteiger partial charge in [0.2, 0.25) is 0 Å². The molecule has 0 radical (unpaired) electrons. The van der Waals surface area contributed by atoms with E-state index in [9.17, 15) is 4.79 Å². The van der Waals surface area contributed by atoms with Gasteiger partial charge >= 0.3 is 0 Å². The minimum Gasteiger partial charge on any atom is -0.493 e. The molecule has 98 valence electrons. The third kappa shape index (κ3) is 2.21. The second kappa shape index (κ2) is 5.22. The predicted octanol–water partition coefficient (Wildman–Crippen LogP) is 3.22. The van der Waals surface area contributed by atoms with E-state index in [1.807, 2.05) is 24.8 Å². The SMILES string of the molecule is COc1cc(C)c2c(c1OC)C(=O)CC(C)SC2. The van der Waals surface area contributed by atoms with Crippen molar-refractivity contribution in [1.29, 1.82) is 0 Å². The molecule has 4 heteroatoms. The van der Waals surface area contributed by atoms with E-state index in [2.05, 4.69) is 6.92 Å². The number of ether oxygens (including phenoxy) is 2. The molecular weight excluding hydrogens is 248 g/mol. The first-order valence-corrected chi connectivity index (χ1v) is 7.02. The molecule has 0 aromatic heterocycles. The van der Waals surface area contributed by atoms with Crippen molar-refractivity contribution >= 4 is 17.5 Å². The number of benzene rings is 1. The summed E-state index contributed by atoms with van der Waals surface area (Å²) in [6.45, 7) is 4.11. The van der Waals surface area contributed by atoms with Crippen LogP contribution in [0.2, 0.25) is 0 Å².